The van der Waals surface area contributed by atoms with Gasteiger partial charge in [-0.2, -0.15) is 0 Å². The summed E-state index contributed by atoms with van der Waals surface area (Å²) in [5.74, 6) is 1.45. The Kier molecular flexibility index (Phi) is 5.84. The highest BCUT2D eigenvalue weighted by atomic mass is 16.5. The van der Waals surface area contributed by atoms with Crippen LogP contribution >= 0.6 is 0 Å². The number of methoxy groups -OCH3 is 1. The minimum atomic E-state index is -0.179. The number of anilines is 2. The van der Waals surface area contributed by atoms with Crippen molar-refractivity contribution in [3.63, 3.8) is 0 Å². The van der Waals surface area contributed by atoms with Gasteiger partial charge < -0.3 is 26.3 Å². The highest BCUT2D eigenvalue weighted by Gasteiger charge is 2.36. The number of benzene rings is 1. The van der Waals surface area contributed by atoms with Crippen molar-refractivity contribution in [1.29, 1.82) is 0 Å². The smallest absolute Gasteiger partial charge is 0.143 e. The number of fused-ring (bicyclic) bond motifs is 3. The Bertz CT molecular complexity index is 907. The maximum absolute atomic E-state index is 6.50. The molecule has 162 valence electrons. The maximum Gasteiger partial charge on any atom is 0.143 e. The van der Waals surface area contributed by atoms with Crippen LogP contribution in [0.2, 0.25) is 0 Å². The second kappa shape index (κ2) is 8.40. The number of nitrogens with zero attached hydrogens (tertiary/aromatic N) is 2. The van der Waals surface area contributed by atoms with Crippen molar-refractivity contribution in [3.05, 3.63) is 29.6 Å². The Morgan fingerprint density at radius 2 is 1.93 bits per heavy atom. The number of rotatable bonds is 6. The quantitative estimate of drug-likeness (QED) is 0.626. The number of hydrogen-bond donors (Lipinski definition) is 3. The molecule has 1 aromatic heterocycles. The lowest BCUT2D eigenvalue weighted by atomic mass is 9.71. The third-order valence-electron chi connectivity index (χ3n) is 6.32. The van der Waals surface area contributed by atoms with Gasteiger partial charge in [-0.15, -0.1) is 0 Å². The van der Waals surface area contributed by atoms with E-state index < -0.39 is 0 Å². The van der Waals surface area contributed by atoms with E-state index in [2.05, 4.69) is 41.3 Å². The Morgan fingerprint density at radius 1 is 1.17 bits per heavy atom. The molecule has 0 amide bonds. The average molecular weight is 412 g/mol. The van der Waals surface area contributed by atoms with Crippen molar-refractivity contribution < 1.29 is 9.47 Å². The Balaban J connectivity index is 1.75. The van der Waals surface area contributed by atoms with E-state index >= 15 is 0 Å². The van der Waals surface area contributed by atoms with Gasteiger partial charge in [-0.3, -0.25) is 0 Å². The van der Waals surface area contributed by atoms with Crippen molar-refractivity contribution in [2.75, 3.05) is 31.3 Å². The molecule has 0 radical (unpaired) electrons. The van der Waals surface area contributed by atoms with Gasteiger partial charge in [0.2, 0.25) is 0 Å². The molecule has 1 fully saturated rings. The second-order valence-electron chi connectivity index (χ2n) is 9.08. The summed E-state index contributed by atoms with van der Waals surface area (Å²) < 4.78 is 11.8. The summed E-state index contributed by atoms with van der Waals surface area (Å²) in [4.78, 5) is 8.85. The lowest BCUT2D eigenvalue weighted by Crippen LogP contribution is -2.32. The second-order valence-corrected chi connectivity index (χ2v) is 9.08. The van der Waals surface area contributed by atoms with E-state index in [1.54, 1.807) is 13.4 Å². The van der Waals surface area contributed by atoms with Gasteiger partial charge in [-0.25, -0.2) is 9.97 Å². The molecule has 7 nitrogen and oxygen atoms in total. The van der Waals surface area contributed by atoms with Crippen LogP contribution in [0.1, 0.15) is 50.7 Å². The van der Waals surface area contributed by atoms with E-state index in [1.165, 1.54) is 5.56 Å². The number of nitrogens with one attached hydrogen (secondary N) is 1. The molecule has 0 saturated heterocycles. The van der Waals surface area contributed by atoms with Crippen molar-refractivity contribution in [1.82, 2.24) is 9.97 Å². The Morgan fingerprint density at radius 3 is 2.67 bits per heavy atom. The number of hydrogen-bond acceptors (Lipinski definition) is 7. The molecular formula is C23H33N5O2. The summed E-state index contributed by atoms with van der Waals surface area (Å²) >= 11 is 0. The first-order valence-electron chi connectivity index (χ1n) is 10.8. The minimum absolute atomic E-state index is 0.179. The molecule has 0 unspecified atom stereocenters. The molecule has 2 aliphatic carbocycles. The maximum atomic E-state index is 6.50. The first-order valence-corrected chi connectivity index (χ1v) is 10.8. The van der Waals surface area contributed by atoms with Gasteiger partial charge in [0.15, 0.2) is 0 Å². The van der Waals surface area contributed by atoms with Crippen LogP contribution in [0.4, 0.5) is 11.5 Å². The highest BCUT2D eigenvalue weighted by molar-refractivity contribution is 5.82. The van der Waals surface area contributed by atoms with Crippen LogP contribution in [-0.4, -0.2) is 42.4 Å². The summed E-state index contributed by atoms with van der Waals surface area (Å²) in [6, 6.07) is 4.47. The average Bonchev–Trinajstić information content (AvgIpc) is 2.71. The molecule has 5 N–H and O–H groups in total. The van der Waals surface area contributed by atoms with Crippen LogP contribution in [0.15, 0.2) is 18.5 Å². The van der Waals surface area contributed by atoms with Crippen LogP contribution in [0.25, 0.3) is 11.3 Å². The van der Waals surface area contributed by atoms with Gasteiger partial charge in [-0.1, -0.05) is 13.8 Å². The zero-order valence-electron chi connectivity index (χ0n) is 18.2. The molecule has 1 saturated carbocycles. The highest BCUT2D eigenvalue weighted by Crippen LogP contribution is 2.48. The number of ether oxygens (including phenoxy) is 2. The molecular weight excluding hydrogens is 378 g/mol. The molecule has 0 atom stereocenters. The lowest BCUT2D eigenvalue weighted by molar-refractivity contribution is 0.147. The first kappa shape index (κ1) is 20.9. The SMILES string of the molecule is COCCNc1c(O[C@H]2CC[C@H](N)CC2)ccc2c1CC(C)(C)c1c(N)ncnc1-2. The fraction of sp³-hybridized carbons (Fsp3) is 0.565. The largest absolute Gasteiger partial charge is 0.488 e. The third kappa shape index (κ3) is 3.96. The van der Waals surface area contributed by atoms with Crippen molar-refractivity contribution in [3.8, 4) is 17.0 Å². The van der Waals surface area contributed by atoms with Crippen LogP contribution < -0.4 is 21.5 Å². The predicted octanol–water partition coefficient (Wildman–Crippen LogP) is 3.27. The zero-order chi connectivity index (χ0) is 21.3. The molecule has 1 aromatic carbocycles. The van der Waals surface area contributed by atoms with Gasteiger partial charge in [0, 0.05) is 30.8 Å². The normalized spacial score (nSPS) is 22.1. The molecule has 0 bridgehead atoms. The van der Waals surface area contributed by atoms with E-state index in [0.29, 0.717) is 25.0 Å². The molecule has 0 spiro atoms. The van der Waals surface area contributed by atoms with Gasteiger partial charge >= 0.3 is 0 Å². The Labute approximate surface area is 178 Å². The summed E-state index contributed by atoms with van der Waals surface area (Å²) in [5.41, 5.74) is 17.4. The molecule has 30 heavy (non-hydrogen) atoms. The topological polar surface area (TPSA) is 108 Å². The van der Waals surface area contributed by atoms with Crippen molar-refractivity contribution >= 4 is 11.5 Å². The summed E-state index contributed by atoms with van der Waals surface area (Å²) in [6.45, 7) is 5.72. The van der Waals surface area contributed by atoms with E-state index in [4.69, 9.17) is 20.9 Å². The first-order chi connectivity index (χ1) is 14.4. The minimum Gasteiger partial charge on any atom is -0.488 e. The van der Waals surface area contributed by atoms with Crippen LogP contribution in [0.3, 0.4) is 0 Å². The Hall–Kier alpha value is -2.38. The van der Waals surface area contributed by atoms with Crippen molar-refractivity contribution in [2.45, 2.75) is 63.5 Å². The summed E-state index contributed by atoms with van der Waals surface area (Å²) in [7, 11) is 1.71. The summed E-state index contributed by atoms with van der Waals surface area (Å²) in [6.07, 6.45) is 6.59. The van der Waals surface area contributed by atoms with Crippen LogP contribution in [0.5, 0.6) is 5.75 Å². The molecule has 7 heteroatoms. The molecule has 4 rings (SSSR count). The summed E-state index contributed by atoms with van der Waals surface area (Å²) in [5, 5.41) is 3.57. The number of nitrogen functional groups attached to an aromatic ring is 1. The lowest BCUT2D eigenvalue weighted by Gasteiger charge is -2.36. The fourth-order valence-electron chi connectivity index (χ4n) is 4.79. The van der Waals surface area contributed by atoms with E-state index in [-0.39, 0.29) is 11.5 Å². The predicted molar refractivity (Wildman–Crippen MR) is 120 cm³/mol. The van der Waals surface area contributed by atoms with E-state index in [1.807, 2.05) is 0 Å². The number of nitrogens with two attached hydrogens (primary N) is 2. The van der Waals surface area contributed by atoms with E-state index in [0.717, 1.165) is 60.4 Å². The van der Waals surface area contributed by atoms with E-state index in [9.17, 15) is 0 Å². The van der Waals surface area contributed by atoms with Gasteiger partial charge in [0.1, 0.15) is 17.9 Å². The standard InChI is InChI=1S/C23H33N5O2/c1-23(2)12-17-16(21-19(23)22(25)28-13-27-21)8-9-18(20(17)26-10-11-29-3)30-15-6-4-14(24)5-7-15/h8-9,13-15,26H,4-7,10-12,24H2,1-3H3,(H2,25,27,28)/t14-,15-. The zero-order valence-corrected chi connectivity index (χ0v) is 18.2. The van der Waals surface area contributed by atoms with Gasteiger partial charge in [-0.05, 0) is 55.2 Å². The van der Waals surface area contributed by atoms with Crippen molar-refractivity contribution in [2.24, 2.45) is 5.73 Å². The molecule has 0 aliphatic heterocycles. The van der Waals surface area contributed by atoms with Crippen LogP contribution in [0, 0.1) is 0 Å². The van der Waals surface area contributed by atoms with Gasteiger partial charge in [0.25, 0.3) is 0 Å². The fourth-order valence-corrected chi connectivity index (χ4v) is 4.79. The third-order valence-corrected chi connectivity index (χ3v) is 6.32. The number of aromatic nitrogens is 2. The van der Waals surface area contributed by atoms with Gasteiger partial charge in [0.05, 0.1) is 24.1 Å². The van der Waals surface area contributed by atoms with Crippen LogP contribution in [-0.2, 0) is 16.6 Å². The molecule has 1 heterocycles. The monoisotopic (exact) mass is 411 g/mol. The molecule has 2 aromatic rings. The molecule has 2 aliphatic rings.